The Morgan fingerprint density at radius 1 is 1.00 bits per heavy atom. The summed E-state index contributed by atoms with van der Waals surface area (Å²) >= 11 is 0. The first kappa shape index (κ1) is 19.0. The molecule has 1 amide bonds. The fraction of sp³-hybridized carbons (Fsp3) is 0.458. The summed E-state index contributed by atoms with van der Waals surface area (Å²) in [5, 5.41) is 3.18. The van der Waals surface area contributed by atoms with Gasteiger partial charge in [0.1, 0.15) is 11.5 Å². The highest BCUT2D eigenvalue weighted by Crippen LogP contribution is 2.43. The second kappa shape index (κ2) is 8.36. The number of piperidine rings is 1. The number of likely N-dealkylation sites (tertiary alicyclic amines) is 1. The quantitative estimate of drug-likeness (QED) is 0.767. The largest absolute Gasteiger partial charge is 0.457 e. The number of para-hydroxylation sites is 2. The number of nitrogens with zero attached hydrogens (tertiary/aromatic N) is 1. The first-order chi connectivity index (χ1) is 13.6. The lowest BCUT2D eigenvalue weighted by Gasteiger charge is -2.39. The lowest BCUT2D eigenvalue weighted by molar-refractivity contribution is -0.121. The smallest absolute Gasteiger partial charge is 0.232 e. The third kappa shape index (κ3) is 3.79. The molecule has 2 aliphatic rings. The van der Waals surface area contributed by atoms with E-state index in [-0.39, 0.29) is 11.8 Å². The van der Waals surface area contributed by atoms with Gasteiger partial charge in [-0.15, -0.1) is 0 Å². The molecule has 0 aromatic heterocycles. The molecular formula is C24H30N2O2. The van der Waals surface area contributed by atoms with Crippen molar-refractivity contribution in [2.45, 2.75) is 57.5 Å². The third-order valence-electron chi connectivity index (χ3n) is 6.21. The minimum absolute atomic E-state index is 0.0583. The van der Waals surface area contributed by atoms with E-state index in [4.69, 9.17) is 4.74 Å². The Balaban J connectivity index is 1.41. The first-order valence-corrected chi connectivity index (χ1v) is 10.5. The van der Waals surface area contributed by atoms with Crippen molar-refractivity contribution in [2.75, 3.05) is 13.1 Å². The molecular weight excluding hydrogens is 348 g/mol. The minimum Gasteiger partial charge on any atom is -0.457 e. The molecule has 0 spiro atoms. The van der Waals surface area contributed by atoms with Gasteiger partial charge in [0.25, 0.3) is 0 Å². The third-order valence-corrected chi connectivity index (χ3v) is 6.21. The second-order valence-electron chi connectivity index (χ2n) is 8.12. The second-order valence-corrected chi connectivity index (χ2v) is 8.12. The lowest BCUT2D eigenvalue weighted by Crippen LogP contribution is -2.45. The number of fused-ring (bicyclic) bond motifs is 2. The Hall–Kier alpha value is -2.33. The maximum absolute atomic E-state index is 13.1. The van der Waals surface area contributed by atoms with Gasteiger partial charge >= 0.3 is 0 Å². The van der Waals surface area contributed by atoms with E-state index in [1.165, 1.54) is 19.3 Å². The summed E-state index contributed by atoms with van der Waals surface area (Å²) in [5.74, 6) is 1.30. The summed E-state index contributed by atoms with van der Waals surface area (Å²) in [4.78, 5) is 15.7. The van der Waals surface area contributed by atoms with Crippen molar-refractivity contribution in [3.8, 4) is 11.5 Å². The van der Waals surface area contributed by atoms with Crippen molar-refractivity contribution < 1.29 is 9.53 Å². The minimum atomic E-state index is -0.311. The van der Waals surface area contributed by atoms with E-state index in [0.29, 0.717) is 18.6 Å². The SMILES string of the molecule is CC1CCCC(C)N1CCCNC(=O)C1c2ccccc2Oc2ccccc21. The molecule has 0 radical (unpaired) electrons. The molecule has 0 aliphatic carbocycles. The molecule has 2 unspecified atom stereocenters. The van der Waals surface area contributed by atoms with Crippen LogP contribution in [0.4, 0.5) is 0 Å². The molecule has 1 fully saturated rings. The van der Waals surface area contributed by atoms with Crippen molar-refractivity contribution >= 4 is 5.91 Å². The molecule has 148 valence electrons. The summed E-state index contributed by atoms with van der Waals surface area (Å²) in [6.07, 6.45) is 4.88. The van der Waals surface area contributed by atoms with Gasteiger partial charge in [-0.05, 0) is 45.2 Å². The van der Waals surface area contributed by atoms with E-state index in [1.54, 1.807) is 0 Å². The summed E-state index contributed by atoms with van der Waals surface area (Å²) in [6, 6.07) is 17.0. The van der Waals surface area contributed by atoms with E-state index in [0.717, 1.165) is 35.6 Å². The van der Waals surface area contributed by atoms with Crippen LogP contribution in [-0.4, -0.2) is 36.0 Å². The molecule has 2 aliphatic heterocycles. The van der Waals surface area contributed by atoms with E-state index < -0.39 is 0 Å². The van der Waals surface area contributed by atoms with Gasteiger partial charge in [0.05, 0.1) is 5.92 Å². The number of rotatable bonds is 5. The maximum atomic E-state index is 13.1. The van der Waals surface area contributed by atoms with Gasteiger partial charge in [-0.1, -0.05) is 42.8 Å². The molecule has 2 aromatic carbocycles. The zero-order valence-electron chi connectivity index (χ0n) is 16.9. The van der Waals surface area contributed by atoms with Crippen LogP contribution in [0.25, 0.3) is 0 Å². The predicted octanol–water partition coefficient (Wildman–Crippen LogP) is 4.69. The van der Waals surface area contributed by atoms with Gasteiger partial charge in [-0.3, -0.25) is 9.69 Å². The molecule has 2 aromatic rings. The van der Waals surface area contributed by atoms with Crippen LogP contribution < -0.4 is 10.1 Å². The van der Waals surface area contributed by atoms with E-state index in [9.17, 15) is 4.79 Å². The highest BCUT2D eigenvalue weighted by Gasteiger charge is 2.32. The highest BCUT2D eigenvalue weighted by atomic mass is 16.5. The lowest BCUT2D eigenvalue weighted by atomic mass is 9.87. The zero-order chi connectivity index (χ0) is 19.5. The van der Waals surface area contributed by atoms with Crippen LogP contribution in [0.3, 0.4) is 0 Å². The predicted molar refractivity (Wildman–Crippen MR) is 112 cm³/mol. The Morgan fingerprint density at radius 2 is 1.57 bits per heavy atom. The van der Waals surface area contributed by atoms with Gasteiger partial charge in [0.15, 0.2) is 0 Å². The van der Waals surface area contributed by atoms with E-state index in [2.05, 4.69) is 24.1 Å². The van der Waals surface area contributed by atoms with Gasteiger partial charge in [0.2, 0.25) is 5.91 Å². The maximum Gasteiger partial charge on any atom is 0.232 e. The fourth-order valence-electron chi connectivity index (χ4n) is 4.68. The first-order valence-electron chi connectivity index (χ1n) is 10.5. The molecule has 28 heavy (non-hydrogen) atoms. The fourth-order valence-corrected chi connectivity index (χ4v) is 4.68. The molecule has 2 heterocycles. The van der Waals surface area contributed by atoms with Crippen LogP contribution in [0.15, 0.2) is 48.5 Å². The number of amides is 1. The molecule has 1 saturated heterocycles. The van der Waals surface area contributed by atoms with Crippen molar-refractivity contribution in [2.24, 2.45) is 0 Å². The zero-order valence-corrected chi connectivity index (χ0v) is 16.9. The summed E-state index contributed by atoms with van der Waals surface area (Å²) < 4.78 is 6.00. The average Bonchev–Trinajstić information content (AvgIpc) is 2.71. The van der Waals surface area contributed by atoms with E-state index in [1.807, 2.05) is 48.5 Å². The number of carbonyl (C=O) groups is 1. The Morgan fingerprint density at radius 3 is 2.18 bits per heavy atom. The van der Waals surface area contributed by atoms with Gasteiger partial charge in [-0.2, -0.15) is 0 Å². The molecule has 4 rings (SSSR count). The summed E-state index contributed by atoms with van der Waals surface area (Å²) in [6.45, 7) is 6.40. The Bertz CT molecular complexity index is 779. The Kier molecular flexibility index (Phi) is 5.67. The van der Waals surface area contributed by atoms with E-state index >= 15 is 0 Å². The molecule has 4 nitrogen and oxygen atoms in total. The van der Waals surface area contributed by atoms with Crippen LogP contribution in [-0.2, 0) is 4.79 Å². The van der Waals surface area contributed by atoms with Crippen LogP contribution in [0.2, 0.25) is 0 Å². The number of ether oxygens (including phenoxy) is 1. The van der Waals surface area contributed by atoms with Gasteiger partial charge < -0.3 is 10.1 Å². The molecule has 4 heteroatoms. The topological polar surface area (TPSA) is 41.6 Å². The number of hydrogen-bond donors (Lipinski definition) is 1. The number of benzene rings is 2. The highest BCUT2D eigenvalue weighted by molar-refractivity contribution is 5.89. The molecule has 0 saturated carbocycles. The van der Waals surface area contributed by atoms with Crippen molar-refractivity contribution in [1.29, 1.82) is 0 Å². The number of carbonyl (C=O) groups excluding carboxylic acids is 1. The van der Waals surface area contributed by atoms with Crippen molar-refractivity contribution in [3.05, 3.63) is 59.7 Å². The van der Waals surface area contributed by atoms with Crippen molar-refractivity contribution in [1.82, 2.24) is 10.2 Å². The van der Waals surface area contributed by atoms with Crippen LogP contribution >= 0.6 is 0 Å². The van der Waals surface area contributed by atoms with Crippen LogP contribution in [0, 0.1) is 0 Å². The van der Waals surface area contributed by atoms with Gasteiger partial charge in [-0.25, -0.2) is 0 Å². The standard InChI is InChI=1S/C24H30N2O2/c1-17-9-7-10-18(2)26(17)16-8-15-25-24(27)23-19-11-3-5-13-21(19)28-22-14-6-4-12-20(22)23/h3-6,11-14,17-18,23H,7-10,15-16H2,1-2H3,(H,25,27). The Labute approximate surface area is 167 Å². The normalized spacial score (nSPS) is 22.1. The van der Waals surface area contributed by atoms with Gasteiger partial charge in [0, 0.05) is 36.3 Å². The number of nitrogens with one attached hydrogen (secondary N) is 1. The monoisotopic (exact) mass is 378 g/mol. The molecule has 0 bridgehead atoms. The molecule has 2 atom stereocenters. The van der Waals surface area contributed by atoms with Crippen molar-refractivity contribution in [3.63, 3.8) is 0 Å². The van der Waals surface area contributed by atoms with Crippen LogP contribution in [0.1, 0.15) is 56.6 Å². The average molecular weight is 379 g/mol. The number of hydrogen-bond acceptors (Lipinski definition) is 3. The van der Waals surface area contributed by atoms with Crippen LogP contribution in [0.5, 0.6) is 11.5 Å². The molecule has 1 N–H and O–H groups in total. The summed E-state index contributed by atoms with van der Waals surface area (Å²) in [5.41, 5.74) is 1.88. The summed E-state index contributed by atoms with van der Waals surface area (Å²) in [7, 11) is 0.